The van der Waals surface area contributed by atoms with E-state index in [2.05, 4.69) is 212 Å². The van der Waals surface area contributed by atoms with E-state index in [1.54, 1.807) is 0 Å². The summed E-state index contributed by atoms with van der Waals surface area (Å²) in [6.07, 6.45) is 0. The van der Waals surface area contributed by atoms with Crippen molar-refractivity contribution in [3.63, 3.8) is 0 Å². The third-order valence-electron chi connectivity index (χ3n) is 12.3. The lowest BCUT2D eigenvalue weighted by atomic mass is 9.73. The summed E-state index contributed by atoms with van der Waals surface area (Å²) in [5, 5.41) is 1.16. The average Bonchev–Trinajstić information content (AvgIpc) is 3.93. The zero-order valence-corrected chi connectivity index (χ0v) is 31.6. The van der Waals surface area contributed by atoms with Gasteiger partial charge in [-0.05, 0) is 91.0 Å². The maximum atomic E-state index is 6.96. The molecule has 2 nitrogen and oxygen atoms in total. The molecule has 2 heteroatoms. The fourth-order valence-corrected chi connectivity index (χ4v) is 9.64. The van der Waals surface area contributed by atoms with Gasteiger partial charge >= 0.3 is 0 Å². The first-order chi connectivity index (χ1) is 28.7. The SMILES string of the molecule is c1ccc(-c2ccc(-c3cc(-c4ccccc4)cc(-c4ccc(-c5ccc6c(c5)C5(c7ccccc7-6)c6ccccc6-c6c5oc5ccccc65)cc4)n3)cc2)cc1. The van der Waals surface area contributed by atoms with Gasteiger partial charge < -0.3 is 4.42 Å². The molecular weight excluding hydrogens is 703 g/mol. The van der Waals surface area contributed by atoms with Gasteiger partial charge in [0.2, 0.25) is 0 Å². The lowest BCUT2D eigenvalue weighted by molar-refractivity contribution is 0.507. The molecule has 12 rings (SSSR count). The Kier molecular flexibility index (Phi) is 7.18. The molecular formula is C56H35NO. The highest BCUT2D eigenvalue weighted by atomic mass is 16.3. The molecule has 1 spiro atoms. The fourth-order valence-electron chi connectivity index (χ4n) is 9.64. The Labute approximate surface area is 337 Å². The molecule has 0 saturated heterocycles. The first-order valence-corrected chi connectivity index (χ1v) is 19.9. The Morgan fingerprint density at radius 3 is 1.47 bits per heavy atom. The van der Waals surface area contributed by atoms with Crippen LogP contribution in [0.5, 0.6) is 0 Å². The van der Waals surface area contributed by atoms with Crippen molar-refractivity contribution in [1.82, 2.24) is 4.98 Å². The minimum absolute atomic E-state index is 0.551. The molecule has 0 amide bonds. The monoisotopic (exact) mass is 737 g/mol. The van der Waals surface area contributed by atoms with Crippen LogP contribution in [-0.2, 0) is 5.41 Å². The molecule has 2 heterocycles. The van der Waals surface area contributed by atoms with Crippen molar-refractivity contribution in [2.45, 2.75) is 5.41 Å². The van der Waals surface area contributed by atoms with Gasteiger partial charge in [-0.15, -0.1) is 0 Å². The molecule has 2 aromatic heterocycles. The third kappa shape index (κ3) is 4.82. The molecule has 1 atom stereocenters. The van der Waals surface area contributed by atoms with E-state index in [0.717, 1.165) is 50.4 Å². The van der Waals surface area contributed by atoms with Crippen LogP contribution in [0, 0.1) is 0 Å². The average molecular weight is 738 g/mol. The van der Waals surface area contributed by atoms with Crippen molar-refractivity contribution in [1.29, 1.82) is 0 Å². The smallest absolute Gasteiger partial charge is 0.135 e. The quantitative estimate of drug-likeness (QED) is 0.176. The summed E-state index contributed by atoms with van der Waals surface area (Å²) in [6, 6.07) is 76.4. The van der Waals surface area contributed by atoms with E-state index in [9.17, 15) is 0 Å². The van der Waals surface area contributed by atoms with E-state index in [0.29, 0.717) is 0 Å². The van der Waals surface area contributed by atoms with Gasteiger partial charge in [-0.25, -0.2) is 4.98 Å². The molecule has 2 aliphatic rings. The number of pyridine rings is 1. The predicted molar refractivity (Wildman–Crippen MR) is 237 cm³/mol. The number of aromatic nitrogens is 1. The highest BCUT2D eigenvalue weighted by Crippen LogP contribution is 2.64. The van der Waals surface area contributed by atoms with E-state index in [1.807, 2.05) is 0 Å². The third-order valence-corrected chi connectivity index (χ3v) is 12.3. The maximum absolute atomic E-state index is 6.96. The minimum Gasteiger partial charge on any atom is -0.459 e. The van der Waals surface area contributed by atoms with Crippen LogP contribution in [0.1, 0.15) is 22.5 Å². The molecule has 270 valence electrons. The number of hydrogen-bond acceptors (Lipinski definition) is 2. The summed E-state index contributed by atoms with van der Waals surface area (Å²) in [6.45, 7) is 0. The second-order valence-electron chi connectivity index (χ2n) is 15.4. The van der Waals surface area contributed by atoms with E-state index in [1.165, 1.54) is 61.2 Å². The highest BCUT2D eigenvalue weighted by Gasteiger charge is 2.55. The summed E-state index contributed by atoms with van der Waals surface area (Å²) in [7, 11) is 0. The molecule has 8 aromatic carbocycles. The van der Waals surface area contributed by atoms with Crippen molar-refractivity contribution in [3.8, 4) is 78.1 Å². The number of hydrogen-bond donors (Lipinski definition) is 0. The van der Waals surface area contributed by atoms with Gasteiger partial charge in [0, 0.05) is 22.1 Å². The lowest BCUT2D eigenvalue weighted by Crippen LogP contribution is -2.25. The molecule has 58 heavy (non-hydrogen) atoms. The molecule has 0 radical (unpaired) electrons. The number of benzene rings is 8. The number of para-hydroxylation sites is 1. The van der Waals surface area contributed by atoms with Crippen LogP contribution in [0.3, 0.4) is 0 Å². The summed E-state index contributed by atoms with van der Waals surface area (Å²) < 4.78 is 6.96. The zero-order chi connectivity index (χ0) is 38.2. The van der Waals surface area contributed by atoms with Gasteiger partial charge in [0.05, 0.1) is 11.4 Å². The molecule has 0 aliphatic heterocycles. The minimum atomic E-state index is -0.551. The van der Waals surface area contributed by atoms with Crippen LogP contribution in [-0.4, -0.2) is 4.98 Å². The Balaban J connectivity index is 0.968. The fraction of sp³-hybridized carbons (Fsp3) is 0.0179. The topological polar surface area (TPSA) is 26.0 Å². The molecule has 2 aliphatic carbocycles. The number of rotatable bonds is 5. The van der Waals surface area contributed by atoms with Crippen LogP contribution in [0.25, 0.3) is 89.1 Å². The van der Waals surface area contributed by atoms with Gasteiger partial charge in [-0.2, -0.15) is 0 Å². The van der Waals surface area contributed by atoms with Crippen LogP contribution in [0.4, 0.5) is 0 Å². The van der Waals surface area contributed by atoms with Gasteiger partial charge in [-0.3, -0.25) is 0 Å². The highest BCUT2D eigenvalue weighted by molar-refractivity contribution is 6.04. The molecule has 1 unspecified atom stereocenters. The van der Waals surface area contributed by atoms with Gasteiger partial charge in [0.1, 0.15) is 16.8 Å². The van der Waals surface area contributed by atoms with Crippen molar-refractivity contribution < 1.29 is 4.42 Å². The summed E-state index contributed by atoms with van der Waals surface area (Å²) in [5.74, 6) is 1.02. The van der Waals surface area contributed by atoms with Crippen molar-refractivity contribution >= 4 is 11.0 Å². The number of fused-ring (bicyclic) bond motifs is 12. The molecule has 0 N–H and O–H groups in total. The van der Waals surface area contributed by atoms with Gasteiger partial charge in [0.15, 0.2) is 0 Å². The Morgan fingerprint density at radius 1 is 0.328 bits per heavy atom. The summed E-state index contributed by atoms with van der Waals surface area (Å²) in [5.41, 5.74) is 20.3. The van der Waals surface area contributed by atoms with Crippen LogP contribution < -0.4 is 0 Å². The first-order valence-electron chi connectivity index (χ1n) is 19.9. The van der Waals surface area contributed by atoms with Crippen molar-refractivity contribution in [3.05, 3.63) is 235 Å². The Bertz CT molecular complexity index is 3200. The van der Waals surface area contributed by atoms with Crippen molar-refractivity contribution in [2.24, 2.45) is 0 Å². The van der Waals surface area contributed by atoms with E-state index >= 15 is 0 Å². The first kappa shape index (κ1) is 32.7. The standard InChI is InChI=1S/C56H35NO/c1-3-13-36(14-4-1)38-23-27-40(28-24-38)51-34-43(37-15-5-2-6-16-37)35-52(57-51)41-29-25-39(26-30-41)42-31-32-45-44-17-7-10-20-48(44)56(50(45)33-42)49-21-11-8-18-46(49)54-47-19-9-12-22-53(47)58-55(54)56/h1-35H. The zero-order valence-electron chi connectivity index (χ0n) is 31.6. The predicted octanol–water partition coefficient (Wildman–Crippen LogP) is 14.5. The lowest BCUT2D eigenvalue weighted by Gasteiger charge is -2.28. The maximum Gasteiger partial charge on any atom is 0.135 e. The number of furan rings is 1. The van der Waals surface area contributed by atoms with Crippen molar-refractivity contribution in [2.75, 3.05) is 0 Å². The van der Waals surface area contributed by atoms with Crippen LogP contribution >= 0.6 is 0 Å². The van der Waals surface area contributed by atoms with E-state index < -0.39 is 5.41 Å². The van der Waals surface area contributed by atoms with Gasteiger partial charge in [-0.1, -0.05) is 188 Å². The van der Waals surface area contributed by atoms with Crippen LogP contribution in [0.15, 0.2) is 217 Å². The molecule has 0 fully saturated rings. The normalized spacial score (nSPS) is 14.6. The second-order valence-corrected chi connectivity index (χ2v) is 15.4. The Morgan fingerprint density at radius 2 is 0.793 bits per heavy atom. The largest absolute Gasteiger partial charge is 0.459 e. The van der Waals surface area contributed by atoms with E-state index in [-0.39, 0.29) is 0 Å². The molecule has 10 aromatic rings. The second kappa shape index (κ2) is 12.7. The Hall–Kier alpha value is -7.55. The van der Waals surface area contributed by atoms with E-state index in [4.69, 9.17) is 9.40 Å². The van der Waals surface area contributed by atoms with Gasteiger partial charge in [0.25, 0.3) is 0 Å². The summed E-state index contributed by atoms with van der Waals surface area (Å²) in [4.78, 5) is 5.27. The summed E-state index contributed by atoms with van der Waals surface area (Å²) >= 11 is 0. The number of nitrogens with zero attached hydrogens (tertiary/aromatic N) is 1. The van der Waals surface area contributed by atoms with Crippen LogP contribution in [0.2, 0.25) is 0 Å². The molecule has 0 saturated carbocycles. The molecule has 0 bridgehead atoms.